The van der Waals surface area contributed by atoms with Crippen molar-refractivity contribution in [1.29, 1.82) is 0 Å². The number of carbonyl (C=O) groups is 1. The molecule has 2 aromatic carbocycles. The summed E-state index contributed by atoms with van der Waals surface area (Å²) in [7, 11) is 2.78. The highest BCUT2D eigenvalue weighted by Gasteiger charge is 2.20. The first-order valence-corrected chi connectivity index (χ1v) is 10.5. The Bertz CT molecular complexity index is 1240. The summed E-state index contributed by atoms with van der Waals surface area (Å²) in [5, 5.41) is 5.30. The number of hydrogen-bond acceptors (Lipinski definition) is 5. The Labute approximate surface area is 204 Å². The zero-order valence-electron chi connectivity index (χ0n) is 18.1. The minimum absolute atomic E-state index is 0.0121. The van der Waals surface area contributed by atoms with Crippen LogP contribution in [-0.2, 0) is 4.79 Å². The second kappa shape index (κ2) is 11.0. The first kappa shape index (κ1) is 25.0. The lowest BCUT2D eigenvalue weighted by Gasteiger charge is -2.14. The molecule has 3 rings (SSSR count). The Morgan fingerprint density at radius 3 is 2.35 bits per heavy atom. The number of methoxy groups -OCH3 is 2. The van der Waals surface area contributed by atoms with Gasteiger partial charge in [-0.2, -0.15) is 0 Å². The molecule has 1 heterocycles. The van der Waals surface area contributed by atoms with E-state index < -0.39 is 17.6 Å². The molecule has 0 atom stereocenters. The molecule has 34 heavy (non-hydrogen) atoms. The number of hydrogen-bond donors (Lipinski definition) is 2. The molecule has 6 nitrogen and oxygen atoms in total. The van der Waals surface area contributed by atoms with Crippen molar-refractivity contribution >= 4 is 58.2 Å². The second-order valence-electron chi connectivity index (χ2n) is 6.73. The van der Waals surface area contributed by atoms with Crippen LogP contribution in [0.5, 0.6) is 11.5 Å². The second-order valence-corrected chi connectivity index (χ2v) is 7.49. The van der Waals surface area contributed by atoms with Gasteiger partial charge in [-0.1, -0.05) is 35.8 Å². The summed E-state index contributed by atoms with van der Waals surface area (Å²) in [6, 6.07) is 8.73. The molecule has 2 N–H and O–H groups in total. The number of nitrogens with zero attached hydrogens (tertiary/aromatic N) is 1. The van der Waals surface area contributed by atoms with Gasteiger partial charge in [0, 0.05) is 12.3 Å². The van der Waals surface area contributed by atoms with E-state index in [4.69, 9.17) is 32.7 Å². The monoisotopic (exact) mass is 505 g/mol. The van der Waals surface area contributed by atoms with Crippen molar-refractivity contribution in [1.82, 2.24) is 4.98 Å². The number of benzene rings is 2. The highest BCUT2D eigenvalue weighted by molar-refractivity contribution is 6.39. The van der Waals surface area contributed by atoms with Gasteiger partial charge in [-0.15, -0.1) is 0 Å². The Kier molecular flexibility index (Phi) is 8.09. The van der Waals surface area contributed by atoms with E-state index in [0.717, 1.165) is 6.08 Å². The summed E-state index contributed by atoms with van der Waals surface area (Å²) in [6.07, 6.45) is 3.62. The Morgan fingerprint density at radius 1 is 1.12 bits per heavy atom. The molecule has 0 bridgehead atoms. The number of anilines is 3. The molecule has 0 aliphatic heterocycles. The molecular weight excluding hydrogens is 487 g/mol. The first-order valence-electron chi connectivity index (χ1n) is 9.71. The van der Waals surface area contributed by atoms with Crippen LogP contribution in [0.25, 0.3) is 11.9 Å². The summed E-state index contributed by atoms with van der Waals surface area (Å²) in [5.41, 5.74) is 0.515. The lowest BCUT2D eigenvalue weighted by Crippen LogP contribution is -2.10. The molecule has 0 aliphatic carbocycles. The zero-order chi connectivity index (χ0) is 24.8. The molecule has 3 aromatic rings. The summed E-state index contributed by atoms with van der Waals surface area (Å²) in [5.74, 6) is -1.18. The topological polar surface area (TPSA) is 72.5 Å². The lowest BCUT2D eigenvalue weighted by molar-refractivity contribution is -0.111. The van der Waals surface area contributed by atoms with E-state index in [9.17, 15) is 9.18 Å². The standard InChI is InChI=1S/C24H19Cl2F2N3O3/c1-4-20(32)30-16-7-5-6-14(27)24(16)31-19-9-8-13(12-29-19)10-15(28)21-22(25)17(33-2)11-18(34-3)23(21)26/h4-12H,1H2,2-3H3,(H,29,31)(H,30,32)/b15-10-. The van der Waals surface area contributed by atoms with Crippen LogP contribution in [0.4, 0.5) is 26.0 Å². The maximum Gasteiger partial charge on any atom is 0.247 e. The van der Waals surface area contributed by atoms with Gasteiger partial charge in [-0.3, -0.25) is 4.79 Å². The van der Waals surface area contributed by atoms with E-state index in [0.29, 0.717) is 5.56 Å². The zero-order valence-corrected chi connectivity index (χ0v) is 19.6. The predicted molar refractivity (Wildman–Crippen MR) is 131 cm³/mol. The number of nitrogens with one attached hydrogen (secondary N) is 2. The summed E-state index contributed by atoms with van der Waals surface area (Å²) in [4.78, 5) is 15.8. The number of carbonyl (C=O) groups excluding carboxylic acids is 1. The van der Waals surface area contributed by atoms with Crippen LogP contribution in [0.2, 0.25) is 10.0 Å². The fourth-order valence-electron chi connectivity index (χ4n) is 2.95. The van der Waals surface area contributed by atoms with Gasteiger partial charge in [0.2, 0.25) is 5.91 Å². The van der Waals surface area contributed by atoms with Crippen LogP contribution in [0.3, 0.4) is 0 Å². The average Bonchev–Trinajstić information content (AvgIpc) is 2.82. The number of aromatic nitrogens is 1. The molecule has 1 amide bonds. The van der Waals surface area contributed by atoms with Crippen LogP contribution in [-0.4, -0.2) is 25.1 Å². The molecule has 0 saturated heterocycles. The van der Waals surface area contributed by atoms with Crippen molar-refractivity contribution in [3.63, 3.8) is 0 Å². The van der Waals surface area contributed by atoms with Crippen LogP contribution in [0.1, 0.15) is 11.1 Å². The van der Waals surface area contributed by atoms with Crippen molar-refractivity contribution in [2.24, 2.45) is 0 Å². The van der Waals surface area contributed by atoms with Crippen molar-refractivity contribution in [3.8, 4) is 11.5 Å². The number of para-hydroxylation sites is 1. The number of rotatable bonds is 8. The smallest absolute Gasteiger partial charge is 0.247 e. The Balaban J connectivity index is 1.90. The number of halogens is 4. The van der Waals surface area contributed by atoms with Gasteiger partial charge in [0.25, 0.3) is 0 Å². The fourth-order valence-corrected chi connectivity index (χ4v) is 3.63. The van der Waals surface area contributed by atoms with Gasteiger partial charge in [0.15, 0.2) is 0 Å². The molecule has 0 aliphatic rings. The average molecular weight is 506 g/mol. The first-order chi connectivity index (χ1) is 16.3. The predicted octanol–water partition coefficient (Wildman–Crippen LogP) is 6.88. The van der Waals surface area contributed by atoms with E-state index >= 15 is 4.39 Å². The molecule has 0 fully saturated rings. The van der Waals surface area contributed by atoms with Gasteiger partial charge >= 0.3 is 0 Å². The van der Waals surface area contributed by atoms with Gasteiger partial charge in [0.1, 0.15) is 29.0 Å². The largest absolute Gasteiger partial charge is 0.495 e. The van der Waals surface area contributed by atoms with Crippen molar-refractivity contribution < 1.29 is 23.0 Å². The van der Waals surface area contributed by atoms with Crippen LogP contribution in [0, 0.1) is 5.82 Å². The van der Waals surface area contributed by atoms with E-state index in [1.54, 1.807) is 6.07 Å². The van der Waals surface area contributed by atoms with E-state index in [2.05, 4.69) is 22.2 Å². The van der Waals surface area contributed by atoms with E-state index in [1.165, 1.54) is 56.8 Å². The molecule has 0 saturated carbocycles. The SMILES string of the molecule is C=CC(=O)Nc1cccc(F)c1Nc1ccc(/C=C(\F)c2c(Cl)c(OC)cc(OC)c2Cl)cn1. The molecule has 0 radical (unpaired) electrons. The van der Waals surface area contributed by atoms with Crippen molar-refractivity contribution in [2.45, 2.75) is 0 Å². The third-order valence-corrected chi connectivity index (χ3v) is 5.35. The third-order valence-electron chi connectivity index (χ3n) is 4.60. The van der Waals surface area contributed by atoms with E-state index in [1.807, 2.05) is 0 Å². The van der Waals surface area contributed by atoms with E-state index in [-0.39, 0.29) is 44.3 Å². The normalized spacial score (nSPS) is 11.1. The highest BCUT2D eigenvalue weighted by Crippen LogP contribution is 2.44. The Morgan fingerprint density at radius 2 is 1.79 bits per heavy atom. The summed E-state index contributed by atoms with van der Waals surface area (Å²) < 4.78 is 39.8. The van der Waals surface area contributed by atoms with Crippen LogP contribution >= 0.6 is 23.2 Å². The molecule has 176 valence electrons. The lowest BCUT2D eigenvalue weighted by atomic mass is 10.1. The molecule has 1 aromatic heterocycles. The maximum absolute atomic E-state index is 15.1. The molecule has 0 unspecified atom stereocenters. The molecule has 10 heteroatoms. The number of pyridine rings is 1. The highest BCUT2D eigenvalue weighted by atomic mass is 35.5. The van der Waals surface area contributed by atoms with Gasteiger partial charge in [-0.25, -0.2) is 13.8 Å². The van der Waals surface area contributed by atoms with Gasteiger partial charge in [0.05, 0.1) is 41.2 Å². The van der Waals surface area contributed by atoms with Crippen LogP contribution in [0.15, 0.2) is 55.3 Å². The molecule has 0 spiro atoms. The van der Waals surface area contributed by atoms with Crippen molar-refractivity contribution in [2.75, 3.05) is 24.9 Å². The molecular formula is C24H19Cl2F2N3O3. The summed E-state index contributed by atoms with van der Waals surface area (Å²) >= 11 is 12.5. The summed E-state index contributed by atoms with van der Waals surface area (Å²) in [6.45, 7) is 3.37. The van der Waals surface area contributed by atoms with Crippen molar-refractivity contribution in [3.05, 3.63) is 82.2 Å². The number of amides is 1. The quantitative estimate of drug-likeness (QED) is 0.326. The minimum atomic E-state index is -0.738. The Hall–Kier alpha value is -3.62. The number of ether oxygens (including phenoxy) is 2. The van der Waals surface area contributed by atoms with Gasteiger partial charge < -0.3 is 20.1 Å². The van der Waals surface area contributed by atoms with Gasteiger partial charge in [-0.05, 0) is 42.0 Å². The maximum atomic E-state index is 15.1. The van der Waals surface area contributed by atoms with Crippen LogP contribution < -0.4 is 20.1 Å². The minimum Gasteiger partial charge on any atom is -0.495 e. The third kappa shape index (κ3) is 5.47. The fraction of sp³-hybridized carbons (Fsp3) is 0.0833.